The molecule has 0 saturated carbocycles. The number of hydrogen-bond donors (Lipinski definition) is 1. The van der Waals surface area contributed by atoms with Gasteiger partial charge in [-0.2, -0.15) is 11.8 Å². The number of aromatic carboxylic acids is 1. The summed E-state index contributed by atoms with van der Waals surface area (Å²) in [5.74, 6) is -0.678. The van der Waals surface area contributed by atoms with E-state index in [4.69, 9.17) is 9.47 Å². The van der Waals surface area contributed by atoms with Crippen LogP contribution in [-0.4, -0.2) is 30.4 Å². The zero-order chi connectivity index (χ0) is 17.7. The van der Waals surface area contributed by atoms with Crippen molar-refractivity contribution in [2.24, 2.45) is 0 Å². The van der Waals surface area contributed by atoms with Gasteiger partial charge in [-0.25, -0.2) is 9.59 Å². The summed E-state index contributed by atoms with van der Waals surface area (Å²) in [6.45, 7) is 0. The molecule has 5 nitrogen and oxygen atoms in total. The van der Waals surface area contributed by atoms with Crippen LogP contribution >= 0.6 is 27.7 Å². The molecule has 0 aliphatic rings. The number of thioether (sulfide) groups is 1. The molecule has 0 aliphatic heterocycles. The number of hydrogen-bond acceptors (Lipinski definition) is 5. The van der Waals surface area contributed by atoms with Crippen molar-refractivity contribution in [3.8, 4) is 11.5 Å². The maximum Gasteiger partial charge on any atom is 0.343 e. The summed E-state index contributed by atoms with van der Waals surface area (Å²) >= 11 is 4.79. The van der Waals surface area contributed by atoms with Crippen molar-refractivity contribution < 1.29 is 24.2 Å². The molecule has 0 unspecified atom stereocenters. The van der Waals surface area contributed by atoms with E-state index in [1.807, 2.05) is 6.26 Å². The average Bonchev–Trinajstić information content (AvgIpc) is 2.56. The number of esters is 1. The van der Waals surface area contributed by atoms with Crippen molar-refractivity contribution in [3.05, 3.63) is 57.6 Å². The van der Waals surface area contributed by atoms with Gasteiger partial charge in [-0.15, -0.1) is 0 Å². The zero-order valence-corrected chi connectivity index (χ0v) is 15.4. The quantitative estimate of drug-likeness (QED) is 0.567. The van der Waals surface area contributed by atoms with Crippen molar-refractivity contribution in [2.75, 3.05) is 13.4 Å². The first-order chi connectivity index (χ1) is 11.5. The van der Waals surface area contributed by atoms with Gasteiger partial charge in [0.2, 0.25) is 0 Å². The standard InChI is InChI=1S/C17H15BrO5S/c1-22-14-8-11(16(19)20)6-12(9-24-2)15(14)23-17(21)10-4-3-5-13(18)7-10/h3-8H,9H2,1-2H3,(H,19,20). The highest BCUT2D eigenvalue weighted by Gasteiger charge is 2.20. The van der Waals surface area contributed by atoms with Gasteiger partial charge in [0.25, 0.3) is 0 Å². The second kappa shape index (κ2) is 8.21. The number of carbonyl (C=O) groups excluding carboxylic acids is 1. The second-order valence-electron chi connectivity index (χ2n) is 4.80. The normalized spacial score (nSPS) is 10.3. The molecule has 0 heterocycles. The van der Waals surface area contributed by atoms with Crippen molar-refractivity contribution in [1.82, 2.24) is 0 Å². The highest BCUT2D eigenvalue weighted by Crippen LogP contribution is 2.35. The van der Waals surface area contributed by atoms with Crippen molar-refractivity contribution in [3.63, 3.8) is 0 Å². The lowest BCUT2D eigenvalue weighted by Gasteiger charge is -2.15. The summed E-state index contributed by atoms with van der Waals surface area (Å²) in [6, 6.07) is 9.65. The Labute approximate surface area is 152 Å². The number of methoxy groups -OCH3 is 1. The third-order valence-corrected chi connectivity index (χ3v) is 4.25. The Balaban J connectivity index is 2.44. The maximum absolute atomic E-state index is 12.4. The van der Waals surface area contributed by atoms with Gasteiger partial charge >= 0.3 is 11.9 Å². The van der Waals surface area contributed by atoms with E-state index in [9.17, 15) is 14.7 Å². The third kappa shape index (κ3) is 4.30. The van der Waals surface area contributed by atoms with Crippen LogP contribution in [0, 0.1) is 0 Å². The third-order valence-electron chi connectivity index (χ3n) is 3.15. The van der Waals surface area contributed by atoms with Crippen LogP contribution in [0.3, 0.4) is 0 Å². The molecule has 0 radical (unpaired) electrons. The minimum absolute atomic E-state index is 0.0816. The summed E-state index contributed by atoms with van der Waals surface area (Å²) in [7, 11) is 1.40. The topological polar surface area (TPSA) is 72.8 Å². The molecule has 0 spiro atoms. The Morgan fingerprint density at radius 1 is 1.21 bits per heavy atom. The average molecular weight is 411 g/mol. The monoisotopic (exact) mass is 410 g/mol. The van der Waals surface area contributed by atoms with Gasteiger partial charge in [-0.05, 0) is 36.6 Å². The first kappa shape index (κ1) is 18.4. The molecule has 0 amide bonds. The lowest BCUT2D eigenvalue weighted by molar-refractivity contribution is 0.0696. The second-order valence-corrected chi connectivity index (χ2v) is 6.59. The molecule has 0 atom stereocenters. The number of halogens is 1. The Hall–Kier alpha value is -1.99. The SMILES string of the molecule is COc1cc(C(=O)O)cc(CSC)c1OC(=O)c1cccc(Br)c1. The molecule has 0 bridgehead atoms. The highest BCUT2D eigenvalue weighted by molar-refractivity contribution is 9.10. The molecule has 1 N–H and O–H groups in total. The van der Waals surface area contributed by atoms with Gasteiger partial charge in [0.15, 0.2) is 11.5 Å². The Bertz CT molecular complexity index is 776. The fourth-order valence-electron chi connectivity index (χ4n) is 2.08. The van der Waals surface area contributed by atoms with Crippen LogP contribution in [0.4, 0.5) is 0 Å². The molecule has 2 aromatic carbocycles. The molecular weight excluding hydrogens is 396 g/mol. The van der Waals surface area contributed by atoms with Gasteiger partial charge in [0.1, 0.15) is 0 Å². The van der Waals surface area contributed by atoms with Crippen LogP contribution in [0.2, 0.25) is 0 Å². The molecule has 126 valence electrons. The van der Waals surface area contributed by atoms with E-state index >= 15 is 0 Å². The van der Waals surface area contributed by atoms with Gasteiger partial charge in [0.05, 0.1) is 18.2 Å². The molecule has 24 heavy (non-hydrogen) atoms. The van der Waals surface area contributed by atoms with Crippen LogP contribution in [-0.2, 0) is 5.75 Å². The Kier molecular flexibility index (Phi) is 6.28. The predicted molar refractivity (Wildman–Crippen MR) is 96.3 cm³/mol. The van der Waals surface area contributed by atoms with Crippen LogP contribution in [0.25, 0.3) is 0 Å². The number of carboxylic acids is 1. The summed E-state index contributed by atoms with van der Waals surface area (Å²) in [6.07, 6.45) is 1.87. The maximum atomic E-state index is 12.4. The highest BCUT2D eigenvalue weighted by atomic mass is 79.9. The Morgan fingerprint density at radius 3 is 2.54 bits per heavy atom. The summed E-state index contributed by atoms with van der Waals surface area (Å²) < 4.78 is 11.5. The number of benzene rings is 2. The van der Waals surface area contributed by atoms with E-state index in [2.05, 4.69) is 15.9 Å². The summed E-state index contributed by atoms with van der Waals surface area (Å²) in [4.78, 5) is 23.6. The van der Waals surface area contributed by atoms with E-state index < -0.39 is 11.9 Å². The van der Waals surface area contributed by atoms with Gasteiger partial charge in [-0.3, -0.25) is 0 Å². The molecule has 0 aliphatic carbocycles. The van der Waals surface area contributed by atoms with Gasteiger partial charge in [0, 0.05) is 15.8 Å². The largest absolute Gasteiger partial charge is 0.493 e. The molecule has 2 aromatic rings. The van der Waals surface area contributed by atoms with E-state index in [0.717, 1.165) is 4.47 Å². The van der Waals surface area contributed by atoms with Crippen LogP contribution in [0.15, 0.2) is 40.9 Å². The fourth-order valence-corrected chi connectivity index (χ4v) is 3.01. The minimum Gasteiger partial charge on any atom is -0.493 e. The first-order valence-electron chi connectivity index (χ1n) is 6.87. The molecule has 2 rings (SSSR count). The predicted octanol–water partition coefficient (Wildman–Crippen LogP) is 4.24. The fraction of sp³-hybridized carbons (Fsp3) is 0.176. The number of carbonyl (C=O) groups is 2. The van der Waals surface area contributed by atoms with E-state index in [1.54, 1.807) is 24.3 Å². The van der Waals surface area contributed by atoms with Crippen LogP contribution in [0.5, 0.6) is 11.5 Å². The molecule has 0 saturated heterocycles. The Morgan fingerprint density at radius 2 is 1.96 bits per heavy atom. The van der Waals surface area contributed by atoms with Crippen LogP contribution < -0.4 is 9.47 Å². The lowest BCUT2D eigenvalue weighted by atomic mass is 10.1. The molecule has 7 heteroatoms. The number of ether oxygens (including phenoxy) is 2. The molecule has 0 fully saturated rings. The van der Waals surface area contributed by atoms with Crippen LogP contribution in [0.1, 0.15) is 26.3 Å². The first-order valence-corrected chi connectivity index (χ1v) is 9.05. The van der Waals surface area contributed by atoms with Crippen molar-refractivity contribution in [1.29, 1.82) is 0 Å². The van der Waals surface area contributed by atoms with E-state index in [0.29, 0.717) is 16.9 Å². The van der Waals surface area contributed by atoms with Crippen molar-refractivity contribution in [2.45, 2.75) is 5.75 Å². The minimum atomic E-state index is -1.07. The summed E-state index contributed by atoms with van der Waals surface area (Å²) in [5.41, 5.74) is 1.05. The molecular formula is C17H15BrO5S. The smallest absolute Gasteiger partial charge is 0.343 e. The molecule has 0 aromatic heterocycles. The number of carboxylic acid groups (broad SMARTS) is 1. The number of rotatable bonds is 6. The van der Waals surface area contributed by atoms with E-state index in [1.165, 1.54) is 31.0 Å². The van der Waals surface area contributed by atoms with Gasteiger partial charge in [-0.1, -0.05) is 22.0 Å². The summed E-state index contributed by atoms with van der Waals surface area (Å²) in [5, 5.41) is 9.20. The van der Waals surface area contributed by atoms with E-state index in [-0.39, 0.29) is 17.1 Å². The van der Waals surface area contributed by atoms with Gasteiger partial charge < -0.3 is 14.6 Å². The zero-order valence-electron chi connectivity index (χ0n) is 13.0. The lowest BCUT2D eigenvalue weighted by Crippen LogP contribution is -2.11. The van der Waals surface area contributed by atoms with Crippen molar-refractivity contribution >= 4 is 39.6 Å².